The molecule has 0 amide bonds. The molecule has 3 atom stereocenters. The van der Waals surface area contributed by atoms with Crippen molar-refractivity contribution in [3.8, 4) is 0 Å². The fourth-order valence-corrected chi connectivity index (χ4v) is 4.24. The summed E-state index contributed by atoms with van der Waals surface area (Å²) >= 11 is 0. The molecular weight excluding hydrogens is 242 g/mol. The molecule has 2 aliphatic carbocycles. The minimum Gasteiger partial charge on any atom is -0.389 e. The van der Waals surface area contributed by atoms with Crippen LogP contribution in [-0.2, 0) is 0 Å². The van der Waals surface area contributed by atoms with Crippen LogP contribution in [0.15, 0.2) is 0 Å². The maximum absolute atomic E-state index is 9.73. The lowest BCUT2D eigenvalue weighted by atomic mass is 9.59. The summed E-state index contributed by atoms with van der Waals surface area (Å²) in [7, 11) is 0. The Morgan fingerprint density at radius 1 is 0.895 bits per heavy atom. The predicted octanol–water partition coefficient (Wildman–Crippen LogP) is 0.745. The fraction of sp³-hybridized carbons (Fsp3) is 1.00. The van der Waals surface area contributed by atoms with Crippen molar-refractivity contribution in [2.45, 2.75) is 63.3 Å². The van der Waals surface area contributed by atoms with E-state index in [4.69, 9.17) is 0 Å². The van der Waals surface area contributed by atoms with Crippen LogP contribution in [0.2, 0.25) is 0 Å². The molecule has 3 rings (SSSR count). The molecule has 1 spiro atoms. The van der Waals surface area contributed by atoms with Crippen LogP contribution in [0, 0.1) is 11.3 Å². The van der Waals surface area contributed by atoms with Gasteiger partial charge in [0.25, 0.3) is 0 Å². The first-order valence-corrected chi connectivity index (χ1v) is 7.85. The Hall–Kier alpha value is -0.160. The van der Waals surface area contributed by atoms with E-state index < -0.39 is 18.3 Å². The zero-order valence-corrected chi connectivity index (χ0v) is 11.7. The molecule has 2 saturated carbocycles. The van der Waals surface area contributed by atoms with Gasteiger partial charge < -0.3 is 15.3 Å². The molecule has 1 heterocycles. The average Bonchev–Trinajstić information content (AvgIpc) is 2.35. The number of aliphatic hydroxyl groups is 3. The largest absolute Gasteiger partial charge is 0.389 e. The number of hydrogen-bond donors (Lipinski definition) is 3. The molecule has 110 valence electrons. The van der Waals surface area contributed by atoms with Gasteiger partial charge in [0.2, 0.25) is 0 Å². The third kappa shape index (κ3) is 2.82. The van der Waals surface area contributed by atoms with E-state index in [1.807, 2.05) is 0 Å². The van der Waals surface area contributed by atoms with Crippen molar-refractivity contribution in [1.29, 1.82) is 0 Å². The molecule has 4 nitrogen and oxygen atoms in total. The van der Waals surface area contributed by atoms with E-state index in [0.29, 0.717) is 24.4 Å². The molecule has 1 unspecified atom stereocenters. The summed E-state index contributed by atoms with van der Waals surface area (Å²) in [5.41, 5.74) is 0.702. The Morgan fingerprint density at radius 3 is 1.95 bits per heavy atom. The van der Waals surface area contributed by atoms with Crippen molar-refractivity contribution in [3.05, 3.63) is 0 Å². The predicted molar refractivity (Wildman–Crippen MR) is 72.7 cm³/mol. The van der Waals surface area contributed by atoms with E-state index in [0.717, 1.165) is 6.54 Å². The summed E-state index contributed by atoms with van der Waals surface area (Å²) in [6, 6.07) is 0. The Balaban J connectivity index is 1.47. The van der Waals surface area contributed by atoms with Gasteiger partial charge in [-0.3, -0.25) is 4.90 Å². The second kappa shape index (κ2) is 5.32. The van der Waals surface area contributed by atoms with Gasteiger partial charge in [-0.15, -0.1) is 0 Å². The minimum atomic E-state index is -0.971. The Bertz CT molecular complexity index is 297. The molecule has 1 aliphatic heterocycles. The van der Waals surface area contributed by atoms with E-state index in [9.17, 15) is 15.3 Å². The fourth-order valence-electron chi connectivity index (χ4n) is 4.24. The number of β-amino-alcohol motifs (C(OH)–C–C–N with tert-alkyl or cyclic N) is 2. The van der Waals surface area contributed by atoms with Crippen molar-refractivity contribution in [1.82, 2.24) is 4.90 Å². The Kier molecular flexibility index (Phi) is 3.87. The molecule has 0 aromatic carbocycles. The lowest BCUT2D eigenvalue weighted by molar-refractivity contribution is -0.113. The summed E-state index contributed by atoms with van der Waals surface area (Å²) in [5, 5.41) is 29.0. The molecule has 3 fully saturated rings. The molecule has 3 aliphatic rings. The van der Waals surface area contributed by atoms with E-state index in [1.165, 1.54) is 44.9 Å². The zero-order valence-electron chi connectivity index (χ0n) is 11.7. The molecule has 3 N–H and O–H groups in total. The topological polar surface area (TPSA) is 63.9 Å². The van der Waals surface area contributed by atoms with E-state index in [2.05, 4.69) is 4.90 Å². The number of rotatable bonds is 2. The maximum atomic E-state index is 9.73. The molecule has 0 aromatic rings. The van der Waals surface area contributed by atoms with Crippen molar-refractivity contribution >= 4 is 0 Å². The summed E-state index contributed by atoms with van der Waals surface area (Å²) in [6.45, 7) is 1.97. The smallest absolute Gasteiger partial charge is 0.108 e. The molecule has 19 heavy (non-hydrogen) atoms. The third-order valence-electron chi connectivity index (χ3n) is 5.78. The van der Waals surface area contributed by atoms with Gasteiger partial charge >= 0.3 is 0 Å². The minimum absolute atomic E-state index is 0.500. The van der Waals surface area contributed by atoms with Gasteiger partial charge in [0.05, 0.1) is 12.2 Å². The molecule has 0 radical (unpaired) electrons. The number of hydrogen-bond acceptors (Lipinski definition) is 4. The average molecular weight is 269 g/mol. The summed E-state index contributed by atoms with van der Waals surface area (Å²) < 4.78 is 0. The van der Waals surface area contributed by atoms with Crippen LogP contribution in [0.3, 0.4) is 0 Å². The van der Waals surface area contributed by atoms with E-state index >= 15 is 0 Å². The van der Waals surface area contributed by atoms with Crippen LogP contribution in [0.5, 0.6) is 0 Å². The van der Waals surface area contributed by atoms with Crippen molar-refractivity contribution in [2.75, 3.05) is 19.6 Å². The van der Waals surface area contributed by atoms with Gasteiger partial charge in [-0.2, -0.15) is 0 Å². The van der Waals surface area contributed by atoms with E-state index in [1.54, 1.807) is 0 Å². The highest BCUT2D eigenvalue weighted by molar-refractivity contribution is 4.93. The lowest BCUT2D eigenvalue weighted by Crippen LogP contribution is -2.56. The monoisotopic (exact) mass is 269 g/mol. The van der Waals surface area contributed by atoms with E-state index in [-0.39, 0.29) is 0 Å². The number of aliphatic hydroxyl groups excluding tert-OH is 3. The molecule has 4 heteroatoms. The molecular formula is C15H27NO3. The maximum Gasteiger partial charge on any atom is 0.108 e. The number of likely N-dealkylation sites (tertiary alicyclic amines) is 1. The van der Waals surface area contributed by atoms with Crippen molar-refractivity contribution in [3.63, 3.8) is 0 Å². The first kappa shape index (κ1) is 13.8. The highest BCUT2D eigenvalue weighted by atomic mass is 16.4. The van der Waals surface area contributed by atoms with Gasteiger partial charge in [0.1, 0.15) is 6.10 Å². The highest BCUT2D eigenvalue weighted by Gasteiger charge is 2.41. The van der Waals surface area contributed by atoms with Gasteiger partial charge in [0.15, 0.2) is 0 Å². The number of nitrogens with zero attached hydrogens (tertiary/aromatic N) is 1. The SMILES string of the molecule is OC1[C@H](O)CN(CC2CCC3(CCC3)CC2)C[C@@H]1O. The Labute approximate surface area is 115 Å². The quantitative estimate of drug-likeness (QED) is 0.692. The van der Waals surface area contributed by atoms with Gasteiger partial charge in [-0.05, 0) is 49.9 Å². The summed E-state index contributed by atoms with van der Waals surface area (Å²) in [5.74, 6) is 0.709. The molecule has 1 saturated heterocycles. The highest BCUT2D eigenvalue weighted by Crippen LogP contribution is 2.52. The van der Waals surface area contributed by atoms with Gasteiger partial charge in [-0.25, -0.2) is 0 Å². The van der Waals surface area contributed by atoms with Gasteiger partial charge in [0, 0.05) is 19.6 Å². The Morgan fingerprint density at radius 2 is 1.47 bits per heavy atom. The summed E-state index contributed by atoms with van der Waals surface area (Å²) in [4.78, 5) is 2.13. The van der Waals surface area contributed by atoms with Crippen molar-refractivity contribution < 1.29 is 15.3 Å². The van der Waals surface area contributed by atoms with Crippen molar-refractivity contribution in [2.24, 2.45) is 11.3 Å². The first-order chi connectivity index (χ1) is 9.08. The van der Waals surface area contributed by atoms with Crippen LogP contribution >= 0.6 is 0 Å². The molecule has 0 bridgehead atoms. The number of piperidine rings is 1. The standard InChI is InChI=1S/C15H27NO3/c17-12-9-16(10-13(18)14(12)19)8-11-2-6-15(7-3-11)4-1-5-15/h11-14,17-19H,1-10H2/t12-,13+,14?. The summed E-state index contributed by atoms with van der Waals surface area (Å²) in [6.07, 6.45) is 7.07. The second-order valence-corrected chi connectivity index (χ2v) is 7.14. The van der Waals surface area contributed by atoms with Crippen LogP contribution in [0.1, 0.15) is 44.9 Å². The third-order valence-corrected chi connectivity index (χ3v) is 5.78. The molecule has 0 aromatic heterocycles. The first-order valence-electron chi connectivity index (χ1n) is 7.85. The zero-order chi connectivity index (χ0) is 13.5. The van der Waals surface area contributed by atoms with Crippen LogP contribution in [0.4, 0.5) is 0 Å². The van der Waals surface area contributed by atoms with Crippen LogP contribution in [0.25, 0.3) is 0 Å². The van der Waals surface area contributed by atoms with Gasteiger partial charge in [-0.1, -0.05) is 6.42 Å². The van der Waals surface area contributed by atoms with Crippen LogP contribution < -0.4 is 0 Å². The lowest BCUT2D eigenvalue weighted by Gasteiger charge is -2.48. The second-order valence-electron chi connectivity index (χ2n) is 7.14. The van der Waals surface area contributed by atoms with Crippen LogP contribution in [-0.4, -0.2) is 58.2 Å². The normalized spacial score (nSPS) is 40.3.